The molecule has 0 radical (unpaired) electrons. The van der Waals surface area contributed by atoms with E-state index in [1.54, 1.807) is 0 Å². The van der Waals surface area contributed by atoms with Crippen molar-refractivity contribution in [2.45, 2.75) is 44.8 Å². The Bertz CT molecular complexity index is 611. The highest BCUT2D eigenvalue weighted by Crippen LogP contribution is 2.31. The van der Waals surface area contributed by atoms with E-state index in [9.17, 15) is 19.5 Å². The van der Waals surface area contributed by atoms with Crippen LogP contribution in [0.1, 0.15) is 32.6 Å². The zero-order valence-corrected chi connectivity index (χ0v) is 12.1. The van der Waals surface area contributed by atoms with Crippen LogP contribution in [0.2, 0.25) is 0 Å². The zero-order valence-electron chi connectivity index (χ0n) is 12.1. The smallest absolute Gasteiger partial charge is 0.265 e. The average Bonchev–Trinajstić information content (AvgIpc) is 2.45. The molecule has 1 aliphatic rings. The summed E-state index contributed by atoms with van der Waals surface area (Å²) < 4.78 is 0.949. The van der Waals surface area contributed by atoms with Gasteiger partial charge < -0.3 is 10.4 Å². The van der Waals surface area contributed by atoms with Gasteiger partial charge in [-0.15, -0.1) is 0 Å². The maximum atomic E-state index is 11.8. The van der Waals surface area contributed by atoms with Crippen LogP contribution < -0.4 is 16.4 Å². The van der Waals surface area contributed by atoms with Gasteiger partial charge in [0.15, 0.2) is 0 Å². The van der Waals surface area contributed by atoms with Gasteiger partial charge in [-0.25, -0.2) is 4.68 Å². The Balaban J connectivity index is 1.89. The Morgan fingerprint density at radius 3 is 2.76 bits per heavy atom. The van der Waals surface area contributed by atoms with Crippen LogP contribution in [0.15, 0.2) is 21.7 Å². The Morgan fingerprint density at radius 2 is 2.10 bits per heavy atom. The number of H-pyrrole nitrogens is 1. The molecule has 7 nitrogen and oxygen atoms in total. The summed E-state index contributed by atoms with van der Waals surface area (Å²) >= 11 is 0. The fourth-order valence-electron chi connectivity index (χ4n) is 2.52. The van der Waals surface area contributed by atoms with Gasteiger partial charge in [-0.1, -0.05) is 6.92 Å². The first-order chi connectivity index (χ1) is 9.88. The van der Waals surface area contributed by atoms with E-state index in [-0.39, 0.29) is 13.1 Å². The number of hydrogen-bond donors (Lipinski definition) is 3. The summed E-state index contributed by atoms with van der Waals surface area (Å²) in [6.45, 7) is 2.06. The molecule has 0 unspecified atom stereocenters. The molecule has 0 aromatic carbocycles. The molecule has 3 N–H and O–H groups in total. The van der Waals surface area contributed by atoms with Gasteiger partial charge in [-0.3, -0.25) is 19.5 Å². The monoisotopic (exact) mass is 295 g/mol. The first-order valence-electron chi connectivity index (χ1n) is 7.17. The Morgan fingerprint density at radius 1 is 1.43 bits per heavy atom. The lowest BCUT2D eigenvalue weighted by molar-refractivity contribution is -0.123. The molecule has 116 valence electrons. The van der Waals surface area contributed by atoms with Crippen LogP contribution in [-0.2, 0) is 11.3 Å². The predicted molar refractivity (Wildman–Crippen MR) is 76.9 cm³/mol. The number of carbonyl (C=O) groups excluding carboxylic acids is 1. The lowest BCUT2D eigenvalue weighted by Gasteiger charge is -2.34. The van der Waals surface area contributed by atoms with Crippen molar-refractivity contribution < 1.29 is 9.90 Å². The molecule has 1 aromatic rings. The van der Waals surface area contributed by atoms with E-state index in [1.807, 2.05) is 0 Å². The van der Waals surface area contributed by atoms with Crippen molar-refractivity contribution in [2.24, 2.45) is 5.92 Å². The Kier molecular flexibility index (Phi) is 4.62. The molecule has 1 amide bonds. The minimum absolute atomic E-state index is 0.171. The predicted octanol–water partition coefficient (Wildman–Crippen LogP) is -0.406. The zero-order chi connectivity index (χ0) is 15.5. The number of carbonyl (C=O) groups is 1. The third-order valence-electron chi connectivity index (χ3n) is 4.01. The molecule has 1 heterocycles. The van der Waals surface area contributed by atoms with Crippen LogP contribution in [0.25, 0.3) is 0 Å². The van der Waals surface area contributed by atoms with Crippen LogP contribution in [0.4, 0.5) is 0 Å². The van der Waals surface area contributed by atoms with Gasteiger partial charge in [0, 0.05) is 18.7 Å². The highest BCUT2D eigenvalue weighted by molar-refractivity contribution is 5.75. The summed E-state index contributed by atoms with van der Waals surface area (Å²) in [4.78, 5) is 34.4. The van der Waals surface area contributed by atoms with Crippen LogP contribution in [0.5, 0.6) is 0 Å². The van der Waals surface area contributed by atoms with Crippen LogP contribution in [0.3, 0.4) is 0 Å². The van der Waals surface area contributed by atoms with Crippen molar-refractivity contribution in [1.29, 1.82) is 0 Å². The average molecular weight is 295 g/mol. The SMILES string of the molecule is CC1CCC(O)(CNC(=O)Cn2[nH]c(=O)ccc2=O)CC1. The van der Waals surface area contributed by atoms with E-state index >= 15 is 0 Å². The van der Waals surface area contributed by atoms with Crippen molar-refractivity contribution in [3.8, 4) is 0 Å². The van der Waals surface area contributed by atoms with Crippen molar-refractivity contribution >= 4 is 5.91 Å². The van der Waals surface area contributed by atoms with Gasteiger partial charge in [0.25, 0.3) is 11.1 Å². The summed E-state index contributed by atoms with van der Waals surface area (Å²) in [5, 5.41) is 15.3. The van der Waals surface area contributed by atoms with Gasteiger partial charge in [0.1, 0.15) is 6.54 Å². The van der Waals surface area contributed by atoms with Crippen LogP contribution in [0, 0.1) is 5.92 Å². The summed E-state index contributed by atoms with van der Waals surface area (Å²) in [5.41, 5.74) is -1.76. The van der Waals surface area contributed by atoms with E-state index in [4.69, 9.17) is 0 Å². The highest BCUT2D eigenvalue weighted by atomic mass is 16.3. The van der Waals surface area contributed by atoms with E-state index in [0.717, 1.165) is 29.7 Å². The Hall–Kier alpha value is -1.89. The summed E-state index contributed by atoms with van der Waals surface area (Å²) in [6, 6.07) is 2.23. The minimum Gasteiger partial charge on any atom is -0.388 e. The summed E-state index contributed by atoms with van der Waals surface area (Å²) in [6.07, 6.45) is 3.21. The molecule has 0 bridgehead atoms. The molecule has 0 spiro atoms. The van der Waals surface area contributed by atoms with Gasteiger partial charge >= 0.3 is 0 Å². The number of nitrogens with one attached hydrogen (secondary N) is 2. The summed E-state index contributed by atoms with van der Waals surface area (Å²) in [7, 11) is 0. The second-order valence-electron chi connectivity index (χ2n) is 5.92. The fraction of sp³-hybridized carbons (Fsp3) is 0.643. The summed E-state index contributed by atoms with van der Waals surface area (Å²) in [5.74, 6) is 0.194. The van der Waals surface area contributed by atoms with Crippen molar-refractivity contribution in [2.75, 3.05) is 6.54 Å². The van der Waals surface area contributed by atoms with Gasteiger partial charge in [-0.05, 0) is 31.6 Å². The molecule has 1 fully saturated rings. The molecule has 1 aromatic heterocycles. The number of amides is 1. The van der Waals surface area contributed by atoms with E-state index in [0.29, 0.717) is 18.8 Å². The van der Waals surface area contributed by atoms with Crippen molar-refractivity contribution in [1.82, 2.24) is 15.1 Å². The van der Waals surface area contributed by atoms with Gasteiger partial charge in [-0.2, -0.15) is 0 Å². The standard InChI is InChI=1S/C14H21N3O4/c1-10-4-6-14(21,7-5-10)9-15-12(19)8-17-13(20)3-2-11(18)16-17/h2-3,10,21H,4-9H2,1H3,(H,15,19)(H,16,18). The molecule has 1 saturated carbocycles. The van der Waals surface area contributed by atoms with Gasteiger partial charge in [0.2, 0.25) is 5.91 Å². The first-order valence-corrected chi connectivity index (χ1v) is 7.17. The molecule has 1 aliphatic carbocycles. The molecule has 7 heteroatoms. The molecule has 2 rings (SSSR count). The second-order valence-corrected chi connectivity index (χ2v) is 5.92. The number of rotatable bonds is 4. The molecule has 0 saturated heterocycles. The number of aromatic amines is 1. The lowest BCUT2D eigenvalue weighted by atomic mass is 9.79. The molecule has 21 heavy (non-hydrogen) atoms. The number of aromatic nitrogens is 2. The molecular weight excluding hydrogens is 274 g/mol. The fourth-order valence-corrected chi connectivity index (χ4v) is 2.52. The first kappa shape index (κ1) is 15.5. The minimum atomic E-state index is -0.864. The Labute approximate surface area is 122 Å². The molecule has 0 aliphatic heterocycles. The largest absolute Gasteiger partial charge is 0.388 e. The van der Waals surface area contributed by atoms with Gasteiger partial charge in [0.05, 0.1) is 5.60 Å². The number of nitrogens with zero attached hydrogens (tertiary/aromatic N) is 1. The highest BCUT2D eigenvalue weighted by Gasteiger charge is 2.31. The van der Waals surface area contributed by atoms with E-state index < -0.39 is 22.6 Å². The number of hydrogen-bond acceptors (Lipinski definition) is 4. The maximum Gasteiger partial charge on any atom is 0.265 e. The maximum absolute atomic E-state index is 11.8. The lowest BCUT2D eigenvalue weighted by Crippen LogP contribution is -2.46. The van der Waals surface area contributed by atoms with Crippen LogP contribution >= 0.6 is 0 Å². The third-order valence-corrected chi connectivity index (χ3v) is 4.01. The quantitative estimate of drug-likeness (QED) is 0.702. The van der Waals surface area contributed by atoms with Crippen LogP contribution in [-0.4, -0.2) is 32.9 Å². The van der Waals surface area contributed by atoms with Crippen molar-refractivity contribution in [3.63, 3.8) is 0 Å². The van der Waals surface area contributed by atoms with E-state index in [1.165, 1.54) is 0 Å². The topological polar surface area (TPSA) is 104 Å². The third kappa shape index (κ3) is 4.29. The molecular formula is C14H21N3O4. The van der Waals surface area contributed by atoms with Crippen molar-refractivity contribution in [3.05, 3.63) is 32.8 Å². The van der Waals surface area contributed by atoms with E-state index in [2.05, 4.69) is 17.3 Å². The normalized spacial score (nSPS) is 25.5. The second kappa shape index (κ2) is 6.26. The molecule has 0 atom stereocenters. The number of aliphatic hydroxyl groups is 1.